The van der Waals surface area contributed by atoms with Gasteiger partial charge in [0.15, 0.2) is 0 Å². The SMILES string of the molecule is CSc1cccc(N2CCC3(CCCCC3)CC2)c1C#N. The minimum Gasteiger partial charge on any atom is -0.370 e. The lowest BCUT2D eigenvalue weighted by Gasteiger charge is -2.45. The second-order valence-electron chi connectivity index (χ2n) is 6.51. The standard InChI is InChI=1S/C18H24N2S/c1-21-17-7-5-6-16(15(17)14-19)20-12-10-18(11-13-20)8-3-2-4-9-18/h5-7H,2-4,8-13H2,1H3. The zero-order valence-corrected chi connectivity index (χ0v) is 13.7. The maximum atomic E-state index is 9.51. The van der Waals surface area contributed by atoms with Crippen LogP contribution in [0.15, 0.2) is 23.1 Å². The van der Waals surface area contributed by atoms with E-state index in [9.17, 15) is 5.26 Å². The monoisotopic (exact) mass is 300 g/mol. The Morgan fingerprint density at radius 3 is 2.43 bits per heavy atom. The van der Waals surface area contributed by atoms with Crippen LogP contribution in [0.3, 0.4) is 0 Å². The molecular formula is C18H24N2S. The fourth-order valence-corrected chi connectivity index (χ4v) is 4.66. The summed E-state index contributed by atoms with van der Waals surface area (Å²) in [6, 6.07) is 8.69. The van der Waals surface area contributed by atoms with Crippen LogP contribution in [-0.4, -0.2) is 19.3 Å². The molecule has 112 valence electrons. The number of piperidine rings is 1. The second-order valence-corrected chi connectivity index (χ2v) is 7.36. The van der Waals surface area contributed by atoms with Crippen LogP contribution in [0.25, 0.3) is 0 Å². The van der Waals surface area contributed by atoms with Crippen molar-refractivity contribution in [3.63, 3.8) is 0 Å². The average molecular weight is 300 g/mol. The first-order valence-corrected chi connectivity index (χ1v) is 9.33. The molecule has 1 aliphatic heterocycles. The lowest BCUT2D eigenvalue weighted by Crippen LogP contribution is -2.41. The van der Waals surface area contributed by atoms with Gasteiger partial charge in [-0.1, -0.05) is 25.3 Å². The average Bonchev–Trinajstić information content (AvgIpc) is 2.55. The number of hydrogen-bond donors (Lipinski definition) is 0. The Bertz CT molecular complexity index is 531. The van der Waals surface area contributed by atoms with Crippen LogP contribution in [0.1, 0.15) is 50.5 Å². The molecule has 1 spiro atoms. The summed E-state index contributed by atoms with van der Waals surface area (Å²) in [5.74, 6) is 0. The normalized spacial score (nSPS) is 21.2. The topological polar surface area (TPSA) is 27.0 Å². The molecule has 1 saturated carbocycles. The molecule has 2 nitrogen and oxygen atoms in total. The van der Waals surface area contributed by atoms with Gasteiger partial charge in [0.2, 0.25) is 0 Å². The first-order valence-electron chi connectivity index (χ1n) is 8.10. The van der Waals surface area contributed by atoms with Gasteiger partial charge in [0.1, 0.15) is 6.07 Å². The minimum atomic E-state index is 0.624. The zero-order chi connectivity index (χ0) is 14.7. The van der Waals surface area contributed by atoms with Gasteiger partial charge in [-0.05, 0) is 49.5 Å². The lowest BCUT2D eigenvalue weighted by atomic mass is 9.68. The summed E-state index contributed by atoms with van der Waals surface area (Å²) >= 11 is 1.67. The molecule has 0 unspecified atom stereocenters. The molecule has 21 heavy (non-hydrogen) atoms. The molecule has 2 aliphatic rings. The number of benzene rings is 1. The van der Waals surface area contributed by atoms with Gasteiger partial charge < -0.3 is 4.90 Å². The van der Waals surface area contributed by atoms with Crippen LogP contribution in [0.2, 0.25) is 0 Å². The summed E-state index contributed by atoms with van der Waals surface area (Å²) in [6.07, 6.45) is 11.8. The summed E-state index contributed by atoms with van der Waals surface area (Å²) in [5.41, 5.74) is 2.64. The number of nitriles is 1. The Labute approximate surface area is 132 Å². The molecule has 1 aromatic carbocycles. The van der Waals surface area contributed by atoms with Gasteiger partial charge in [-0.25, -0.2) is 0 Å². The highest BCUT2D eigenvalue weighted by Crippen LogP contribution is 2.45. The van der Waals surface area contributed by atoms with Crippen LogP contribution in [0.4, 0.5) is 5.69 Å². The molecule has 0 radical (unpaired) electrons. The van der Waals surface area contributed by atoms with Crippen molar-refractivity contribution < 1.29 is 0 Å². The summed E-state index contributed by atoms with van der Waals surface area (Å²) in [6.45, 7) is 2.24. The van der Waals surface area contributed by atoms with E-state index in [1.807, 2.05) is 6.26 Å². The van der Waals surface area contributed by atoms with Crippen molar-refractivity contribution >= 4 is 17.4 Å². The molecule has 3 heteroatoms. The highest BCUT2D eigenvalue weighted by Gasteiger charge is 2.35. The second kappa shape index (κ2) is 6.32. The minimum absolute atomic E-state index is 0.624. The van der Waals surface area contributed by atoms with Gasteiger partial charge in [0.05, 0.1) is 11.3 Å². The Balaban J connectivity index is 1.77. The molecule has 0 N–H and O–H groups in total. The molecule has 3 rings (SSSR count). The molecule has 0 bridgehead atoms. The van der Waals surface area contributed by atoms with Crippen molar-refractivity contribution in [2.24, 2.45) is 5.41 Å². The van der Waals surface area contributed by atoms with Crippen LogP contribution < -0.4 is 4.90 Å². The van der Waals surface area contributed by atoms with Gasteiger partial charge in [0, 0.05) is 18.0 Å². The zero-order valence-electron chi connectivity index (χ0n) is 12.9. The maximum absolute atomic E-state index is 9.51. The maximum Gasteiger partial charge on any atom is 0.103 e. The van der Waals surface area contributed by atoms with Crippen molar-refractivity contribution in [2.75, 3.05) is 24.2 Å². The molecular weight excluding hydrogens is 276 g/mol. The third-order valence-corrected chi connectivity index (χ3v) is 6.19. The van der Waals surface area contributed by atoms with Crippen LogP contribution in [-0.2, 0) is 0 Å². The highest BCUT2D eigenvalue weighted by atomic mass is 32.2. The summed E-state index contributed by atoms with van der Waals surface area (Å²) in [4.78, 5) is 3.55. The van der Waals surface area contributed by atoms with E-state index in [4.69, 9.17) is 0 Å². The summed E-state index contributed by atoms with van der Waals surface area (Å²) in [5, 5.41) is 9.51. The van der Waals surface area contributed by atoms with E-state index in [0.717, 1.165) is 29.2 Å². The number of thioether (sulfide) groups is 1. The molecule has 0 atom stereocenters. The number of nitrogens with zero attached hydrogens (tertiary/aromatic N) is 2. The highest BCUT2D eigenvalue weighted by molar-refractivity contribution is 7.98. The third-order valence-electron chi connectivity index (χ3n) is 5.41. The van der Waals surface area contributed by atoms with Gasteiger partial charge in [-0.3, -0.25) is 0 Å². The van der Waals surface area contributed by atoms with Crippen molar-refractivity contribution in [1.29, 1.82) is 5.26 Å². The van der Waals surface area contributed by atoms with Crippen LogP contribution in [0, 0.1) is 16.7 Å². The predicted octanol–water partition coefficient (Wildman–Crippen LogP) is 4.83. The Kier molecular flexibility index (Phi) is 4.45. The van der Waals surface area contributed by atoms with E-state index in [1.54, 1.807) is 11.8 Å². The quantitative estimate of drug-likeness (QED) is 0.732. The summed E-state index contributed by atoms with van der Waals surface area (Å²) in [7, 11) is 0. The molecule has 1 heterocycles. The van der Waals surface area contributed by atoms with Crippen LogP contribution in [0.5, 0.6) is 0 Å². The van der Waals surface area contributed by atoms with Gasteiger partial charge in [-0.15, -0.1) is 11.8 Å². The first kappa shape index (κ1) is 14.8. The van der Waals surface area contributed by atoms with E-state index < -0.39 is 0 Å². The Hall–Kier alpha value is -1.14. The van der Waals surface area contributed by atoms with Crippen molar-refractivity contribution in [1.82, 2.24) is 0 Å². The smallest absolute Gasteiger partial charge is 0.103 e. The van der Waals surface area contributed by atoms with E-state index in [2.05, 4.69) is 29.2 Å². The number of anilines is 1. The molecule has 0 aromatic heterocycles. The van der Waals surface area contributed by atoms with Gasteiger partial charge in [0.25, 0.3) is 0 Å². The predicted molar refractivity (Wildman–Crippen MR) is 89.9 cm³/mol. The molecule has 1 aliphatic carbocycles. The Morgan fingerprint density at radius 1 is 1.10 bits per heavy atom. The third kappa shape index (κ3) is 2.92. The van der Waals surface area contributed by atoms with Crippen LogP contribution >= 0.6 is 11.8 Å². The molecule has 1 saturated heterocycles. The van der Waals surface area contributed by atoms with Crippen molar-refractivity contribution in [3.05, 3.63) is 23.8 Å². The van der Waals surface area contributed by atoms with E-state index in [-0.39, 0.29) is 0 Å². The van der Waals surface area contributed by atoms with Crippen molar-refractivity contribution in [2.45, 2.75) is 49.8 Å². The summed E-state index contributed by atoms with van der Waals surface area (Å²) < 4.78 is 0. The van der Waals surface area contributed by atoms with E-state index in [0.29, 0.717) is 5.41 Å². The van der Waals surface area contributed by atoms with Gasteiger partial charge >= 0.3 is 0 Å². The fourth-order valence-electron chi connectivity index (χ4n) is 4.09. The lowest BCUT2D eigenvalue weighted by molar-refractivity contribution is 0.144. The van der Waals surface area contributed by atoms with E-state index in [1.165, 1.54) is 44.9 Å². The molecule has 1 aromatic rings. The molecule has 0 amide bonds. The number of hydrogen-bond acceptors (Lipinski definition) is 3. The largest absolute Gasteiger partial charge is 0.370 e. The first-order chi connectivity index (χ1) is 10.3. The number of rotatable bonds is 2. The van der Waals surface area contributed by atoms with E-state index >= 15 is 0 Å². The van der Waals surface area contributed by atoms with Gasteiger partial charge in [-0.2, -0.15) is 5.26 Å². The Morgan fingerprint density at radius 2 is 1.81 bits per heavy atom. The molecule has 2 fully saturated rings. The van der Waals surface area contributed by atoms with Crippen molar-refractivity contribution in [3.8, 4) is 6.07 Å². The fraction of sp³-hybridized carbons (Fsp3) is 0.611.